The van der Waals surface area contributed by atoms with Crippen LogP contribution in [0.4, 0.5) is 4.79 Å². The second kappa shape index (κ2) is 13.5. The SMILES string of the molecule is CN(C)C(=O)Cn1c(-c2ccc(OCC3CCCN(C(=O)OC(C)(C)C)C3)cc2)c(C2CCCCC2)c2ccc(C(=O)O)cc21. The van der Waals surface area contributed by atoms with Crippen LogP contribution in [0.1, 0.15) is 87.6 Å². The van der Waals surface area contributed by atoms with Crippen molar-refractivity contribution < 1.29 is 29.0 Å². The fourth-order valence-electron chi connectivity index (χ4n) is 6.68. The Balaban J connectivity index is 1.44. The normalized spacial score (nSPS) is 17.7. The van der Waals surface area contributed by atoms with E-state index in [2.05, 4.69) is 0 Å². The number of benzene rings is 2. The molecule has 0 radical (unpaired) electrons. The van der Waals surface area contributed by atoms with Gasteiger partial charge in [0.2, 0.25) is 5.91 Å². The van der Waals surface area contributed by atoms with Gasteiger partial charge in [-0.25, -0.2) is 9.59 Å². The number of hydrogen-bond donors (Lipinski definition) is 1. The largest absolute Gasteiger partial charge is 0.493 e. The van der Waals surface area contributed by atoms with E-state index in [1.165, 1.54) is 12.0 Å². The summed E-state index contributed by atoms with van der Waals surface area (Å²) in [5, 5.41) is 10.8. The van der Waals surface area contributed by atoms with Crippen molar-refractivity contribution in [3.63, 3.8) is 0 Å². The lowest BCUT2D eigenvalue weighted by Gasteiger charge is -2.34. The first-order valence-electron chi connectivity index (χ1n) is 16.2. The first kappa shape index (κ1) is 32.4. The number of carboxylic acids is 1. The minimum atomic E-state index is -0.988. The van der Waals surface area contributed by atoms with Gasteiger partial charge in [0.25, 0.3) is 0 Å². The van der Waals surface area contributed by atoms with Crippen molar-refractivity contribution in [3.8, 4) is 17.0 Å². The molecule has 1 unspecified atom stereocenters. The highest BCUT2D eigenvalue weighted by atomic mass is 16.6. The van der Waals surface area contributed by atoms with Crippen LogP contribution in [0.3, 0.4) is 0 Å². The molecule has 2 fully saturated rings. The summed E-state index contributed by atoms with van der Waals surface area (Å²) in [5.41, 5.74) is 3.59. The fraction of sp³-hybridized carbons (Fsp3) is 0.528. The van der Waals surface area contributed by atoms with Crippen LogP contribution in [-0.2, 0) is 16.1 Å². The zero-order valence-electron chi connectivity index (χ0n) is 27.3. The maximum Gasteiger partial charge on any atom is 0.410 e. The highest BCUT2D eigenvalue weighted by Crippen LogP contribution is 2.44. The summed E-state index contributed by atoms with van der Waals surface area (Å²) in [6.45, 7) is 7.56. The van der Waals surface area contributed by atoms with Crippen LogP contribution in [0.25, 0.3) is 22.2 Å². The van der Waals surface area contributed by atoms with Crippen molar-refractivity contribution in [2.45, 2.75) is 83.8 Å². The Morgan fingerprint density at radius 1 is 0.956 bits per heavy atom. The molecule has 242 valence electrons. The molecule has 0 bridgehead atoms. The first-order chi connectivity index (χ1) is 21.4. The number of rotatable bonds is 8. The second-order valence-electron chi connectivity index (χ2n) is 13.8. The second-order valence-corrected chi connectivity index (χ2v) is 13.8. The third-order valence-electron chi connectivity index (χ3n) is 8.94. The molecular formula is C36H47N3O6. The van der Waals surface area contributed by atoms with E-state index in [0.717, 1.165) is 66.4 Å². The predicted molar refractivity (Wildman–Crippen MR) is 175 cm³/mol. The average Bonchev–Trinajstić information content (AvgIpc) is 3.33. The average molecular weight is 618 g/mol. The van der Waals surface area contributed by atoms with Crippen LogP contribution in [0.5, 0.6) is 5.75 Å². The van der Waals surface area contributed by atoms with Crippen molar-refractivity contribution >= 4 is 28.9 Å². The highest BCUT2D eigenvalue weighted by molar-refractivity contribution is 5.99. The van der Waals surface area contributed by atoms with Crippen LogP contribution >= 0.6 is 0 Å². The number of carbonyl (C=O) groups excluding carboxylic acids is 2. The lowest BCUT2D eigenvalue weighted by molar-refractivity contribution is -0.129. The van der Waals surface area contributed by atoms with E-state index in [-0.39, 0.29) is 30.0 Å². The summed E-state index contributed by atoms with van der Waals surface area (Å²) < 4.78 is 13.8. The molecule has 2 amide bonds. The van der Waals surface area contributed by atoms with Gasteiger partial charge >= 0.3 is 12.1 Å². The van der Waals surface area contributed by atoms with E-state index in [1.807, 2.05) is 55.7 Å². The van der Waals surface area contributed by atoms with Gasteiger partial charge in [0, 0.05) is 38.5 Å². The van der Waals surface area contributed by atoms with E-state index in [4.69, 9.17) is 9.47 Å². The molecule has 1 saturated carbocycles. The summed E-state index contributed by atoms with van der Waals surface area (Å²) in [6, 6.07) is 13.3. The van der Waals surface area contributed by atoms with Crippen molar-refractivity contribution in [3.05, 3.63) is 53.6 Å². The Bertz CT molecular complexity index is 1530. The minimum absolute atomic E-state index is 0.0584. The van der Waals surface area contributed by atoms with Crippen LogP contribution in [0.15, 0.2) is 42.5 Å². The number of ether oxygens (including phenoxy) is 2. The number of piperidine rings is 1. The van der Waals surface area contributed by atoms with E-state index >= 15 is 0 Å². The van der Waals surface area contributed by atoms with Crippen molar-refractivity contribution in [2.24, 2.45) is 5.92 Å². The number of fused-ring (bicyclic) bond motifs is 1. The van der Waals surface area contributed by atoms with Gasteiger partial charge in [-0.2, -0.15) is 0 Å². The molecule has 9 heteroatoms. The number of likely N-dealkylation sites (tertiary alicyclic amines) is 1. The number of amides is 2. The summed E-state index contributed by atoms with van der Waals surface area (Å²) in [5.74, 6) is 0.243. The number of likely N-dealkylation sites (N-methyl/N-ethyl adjacent to an activating group) is 1. The molecule has 1 aromatic heterocycles. The Labute approximate surface area is 266 Å². The van der Waals surface area contributed by atoms with E-state index < -0.39 is 11.6 Å². The minimum Gasteiger partial charge on any atom is -0.493 e. The number of aromatic carboxylic acids is 1. The topological polar surface area (TPSA) is 101 Å². The maximum atomic E-state index is 13.1. The quantitative estimate of drug-likeness (QED) is 0.288. The molecule has 2 aromatic carbocycles. The van der Waals surface area contributed by atoms with Crippen LogP contribution in [0.2, 0.25) is 0 Å². The highest BCUT2D eigenvalue weighted by Gasteiger charge is 2.30. The molecule has 45 heavy (non-hydrogen) atoms. The van der Waals surface area contributed by atoms with Gasteiger partial charge in [0.15, 0.2) is 0 Å². The summed E-state index contributed by atoms with van der Waals surface area (Å²) in [4.78, 5) is 41.0. The van der Waals surface area contributed by atoms with Crippen molar-refractivity contribution in [1.82, 2.24) is 14.4 Å². The maximum absolute atomic E-state index is 13.1. The molecule has 1 atom stereocenters. The molecule has 2 aliphatic rings. The predicted octanol–water partition coefficient (Wildman–Crippen LogP) is 7.17. The van der Waals surface area contributed by atoms with E-state index in [0.29, 0.717) is 25.6 Å². The molecule has 9 nitrogen and oxygen atoms in total. The summed E-state index contributed by atoms with van der Waals surface area (Å²) in [6.07, 6.45) is 7.28. The van der Waals surface area contributed by atoms with E-state index in [9.17, 15) is 19.5 Å². The Kier molecular flexibility index (Phi) is 9.75. The zero-order chi connectivity index (χ0) is 32.3. The molecule has 0 spiro atoms. The molecular weight excluding hydrogens is 570 g/mol. The van der Waals surface area contributed by atoms with Gasteiger partial charge in [0.1, 0.15) is 17.9 Å². The molecule has 3 aromatic rings. The van der Waals surface area contributed by atoms with Gasteiger partial charge in [0.05, 0.1) is 23.4 Å². The Morgan fingerprint density at radius 3 is 2.31 bits per heavy atom. The number of carboxylic acid groups (broad SMARTS) is 1. The van der Waals surface area contributed by atoms with Crippen LogP contribution < -0.4 is 4.74 Å². The van der Waals surface area contributed by atoms with Gasteiger partial charge in [-0.05, 0) is 99.9 Å². The molecule has 2 heterocycles. The molecule has 1 N–H and O–H groups in total. The Hall–Kier alpha value is -4.01. The van der Waals surface area contributed by atoms with Crippen molar-refractivity contribution in [1.29, 1.82) is 0 Å². The van der Waals surface area contributed by atoms with Crippen LogP contribution in [0, 0.1) is 5.92 Å². The third kappa shape index (κ3) is 7.63. The lowest BCUT2D eigenvalue weighted by atomic mass is 9.81. The lowest BCUT2D eigenvalue weighted by Crippen LogP contribution is -2.44. The summed E-state index contributed by atoms with van der Waals surface area (Å²) >= 11 is 0. The van der Waals surface area contributed by atoms with Gasteiger partial charge < -0.3 is 28.9 Å². The van der Waals surface area contributed by atoms with E-state index in [1.54, 1.807) is 36.0 Å². The molecule has 5 rings (SSSR count). The Morgan fingerprint density at radius 2 is 1.67 bits per heavy atom. The smallest absolute Gasteiger partial charge is 0.410 e. The number of nitrogens with zero attached hydrogens (tertiary/aromatic N) is 3. The number of hydrogen-bond acceptors (Lipinski definition) is 5. The molecule has 1 saturated heterocycles. The monoisotopic (exact) mass is 617 g/mol. The number of aromatic nitrogens is 1. The van der Waals surface area contributed by atoms with Crippen molar-refractivity contribution in [2.75, 3.05) is 33.8 Å². The molecule has 1 aliphatic heterocycles. The number of carbonyl (C=O) groups is 3. The van der Waals surface area contributed by atoms with Gasteiger partial charge in [-0.1, -0.05) is 25.3 Å². The molecule has 1 aliphatic carbocycles. The van der Waals surface area contributed by atoms with Gasteiger partial charge in [-0.15, -0.1) is 0 Å². The fourth-order valence-corrected chi connectivity index (χ4v) is 6.68. The third-order valence-corrected chi connectivity index (χ3v) is 8.94. The first-order valence-corrected chi connectivity index (χ1v) is 16.2. The van der Waals surface area contributed by atoms with Gasteiger partial charge in [-0.3, -0.25) is 4.79 Å². The standard InChI is InChI=1S/C36H47N3O6/c1-36(2,3)45-35(43)38-19-9-10-24(21-38)23-44-28-16-13-26(14-17-28)33-32(25-11-7-6-8-12-25)29-18-15-27(34(41)42)20-30(29)39(33)22-31(40)37(4)5/h13-18,20,24-25H,6-12,19,21-23H2,1-5H3,(H,41,42). The summed E-state index contributed by atoms with van der Waals surface area (Å²) in [7, 11) is 3.48. The zero-order valence-corrected chi connectivity index (χ0v) is 27.3. The van der Waals surface area contributed by atoms with Crippen LogP contribution in [-0.4, -0.2) is 76.8 Å².